The molecule has 4 aromatic carbocycles. The standard InChI is InChI=1S/C27H22ClN3O2/c28-22-13-11-21(12-14-22)26(19-20-7-3-1-4-8-20)30-31-27(32)29-23-15-17-25(18-16-23)33-24-9-5-2-6-10-24/h1-18H,19H2,(H2,29,31,32)/b30-26-. The van der Waals surface area contributed by atoms with Gasteiger partial charge in [-0.25, -0.2) is 10.2 Å². The van der Waals surface area contributed by atoms with E-state index in [2.05, 4.69) is 15.8 Å². The van der Waals surface area contributed by atoms with Gasteiger partial charge in [-0.3, -0.25) is 0 Å². The lowest BCUT2D eigenvalue weighted by Gasteiger charge is -2.10. The number of urea groups is 1. The van der Waals surface area contributed by atoms with E-state index in [1.54, 1.807) is 36.4 Å². The van der Waals surface area contributed by atoms with Gasteiger partial charge in [0, 0.05) is 17.1 Å². The zero-order valence-corrected chi connectivity index (χ0v) is 18.5. The summed E-state index contributed by atoms with van der Waals surface area (Å²) in [5.41, 5.74) is 5.90. The summed E-state index contributed by atoms with van der Waals surface area (Å²) in [6, 6.07) is 33.5. The van der Waals surface area contributed by atoms with Crippen LogP contribution >= 0.6 is 11.6 Å². The van der Waals surface area contributed by atoms with Crippen LogP contribution in [0.4, 0.5) is 10.5 Å². The van der Waals surface area contributed by atoms with E-state index in [1.165, 1.54) is 0 Å². The molecule has 164 valence electrons. The van der Waals surface area contributed by atoms with Crippen LogP contribution in [0.5, 0.6) is 11.5 Å². The van der Waals surface area contributed by atoms with Crippen LogP contribution in [0.25, 0.3) is 0 Å². The summed E-state index contributed by atoms with van der Waals surface area (Å²) in [5.74, 6) is 1.43. The number of anilines is 1. The zero-order chi connectivity index (χ0) is 22.9. The largest absolute Gasteiger partial charge is 0.457 e. The average molecular weight is 456 g/mol. The molecular weight excluding hydrogens is 434 g/mol. The van der Waals surface area contributed by atoms with Gasteiger partial charge in [-0.05, 0) is 59.7 Å². The van der Waals surface area contributed by atoms with Crippen molar-refractivity contribution in [3.8, 4) is 11.5 Å². The molecule has 2 N–H and O–H groups in total. The fraction of sp³-hybridized carbons (Fsp3) is 0.0370. The second-order valence-corrected chi connectivity index (χ2v) is 7.67. The third-order valence-corrected chi connectivity index (χ3v) is 5.03. The number of amides is 2. The van der Waals surface area contributed by atoms with Crippen LogP contribution in [-0.4, -0.2) is 11.7 Å². The summed E-state index contributed by atoms with van der Waals surface area (Å²) in [5, 5.41) is 7.80. The predicted octanol–water partition coefficient (Wildman–Crippen LogP) is 6.90. The van der Waals surface area contributed by atoms with Gasteiger partial charge in [0.25, 0.3) is 0 Å². The highest BCUT2D eigenvalue weighted by Gasteiger charge is 2.08. The van der Waals surface area contributed by atoms with E-state index in [-0.39, 0.29) is 0 Å². The van der Waals surface area contributed by atoms with Gasteiger partial charge in [-0.1, -0.05) is 72.3 Å². The van der Waals surface area contributed by atoms with E-state index in [1.807, 2.05) is 72.8 Å². The molecule has 4 aromatic rings. The van der Waals surface area contributed by atoms with Crippen molar-refractivity contribution in [2.45, 2.75) is 6.42 Å². The van der Waals surface area contributed by atoms with Crippen LogP contribution in [-0.2, 0) is 6.42 Å². The molecule has 2 amide bonds. The average Bonchev–Trinajstić information content (AvgIpc) is 2.85. The molecular formula is C27H22ClN3O2. The van der Waals surface area contributed by atoms with Crippen LogP contribution in [0.1, 0.15) is 11.1 Å². The number of halogens is 1. The van der Waals surface area contributed by atoms with Crippen molar-refractivity contribution in [1.82, 2.24) is 5.43 Å². The normalized spacial score (nSPS) is 11.0. The molecule has 0 aliphatic carbocycles. The number of carbonyl (C=O) groups excluding carboxylic acids is 1. The first-order valence-electron chi connectivity index (χ1n) is 10.4. The van der Waals surface area contributed by atoms with Crippen molar-refractivity contribution in [3.05, 3.63) is 125 Å². The number of hydrogen-bond acceptors (Lipinski definition) is 3. The molecule has 0 saturated carbocycles. The van der Waals surface area contributed by atoms with E-state index in [4.69, 9.17) is 16.3 Å². The van der Waals surface area contributed by atoms with E-state index >= 15 is 0 Å². The Bertz CT molecular complexity index is 1210. The molecule has 0 aromatic heterocycles. The smallest absolute Gasteiger partial charge is 0.339 e. The third kappa shape index (κ3) is 6.69. The second-order valence-electron chi connectivity index (χ2n) is 7.23. The molecule has 6 heteroatoms. The lowest BCUT2D eigenvalue weighted by atomic mass is 10.0. The Labute approximate surface area is 197 Å². The van der Waals surface area contributed by atoms with Crippen molar-refractivity contribution in [2.24, 2.45) is 5.10 Å². The van der Waals surface area contributed by atoms with E-state index in [0.29, 0.717) is 22.9 Å². The fourth-order valence-corrected chi connectivity index (χ4v) is 3.27. The van der Waals surface area contributed by atoms with Crippen molar-refractivity contribution >= 4 is 29.0 Å². The number of hydrogen-bond donors (Lipinski definition) is 2. The lowest BCUT2D eigenvalue weighted by molar-refractivity contribution is 0.252. The highest BCUT2D eigenvalue weighted by Crippen LogP contribution is 2.22. The third-order valence-electron chi connectivity index (χ3n) is 4.78. The molecule has 33 heavy (non-hydrogen) atoms. The van der Waals surface area contributed by atoms with E-state index in [9.17, 15) is 4.79 Å². The fourth-order valence-electron chi connectivity index (χ4n) is 3.15. The highest BCUT2D eigenvalue weighted by atomic mass is 35.5. The maximum atomic E-state index is 12.4. The Balaban J connectivity index is 1.41. The number of nitrogens with one attached hydrogen (secondary N) is 2. The van der Waals surface area contributed by atoms with Crippen molar-refractivity contribution < 1.29 is 9.53 Å². The number of para-hydroxylation sites is 1. The minimum atomic E-state index is -0.439. The molecule has 0 radical (unpaired) electrons. The van der Waals surface area contributed by atoms with Crippen molar-refractivity contribution in [2.75, 3.05) is 5.32 Å². The predicted molar refractivity (Wildman–Crippen MR) is 133 cm³/mol. The van der Waals surface area contributed by atoms with Crippen molar-refractivity contribution in [1.29, 1.82) is 0 Å². The quantitative estimate of drug-likeness (QED) is 0.235. The van der Waals surface area contributed by atoms with E-state index in [0.717, 1.165) is 22.6 Å². The first-order valence-corrected chi connectivity index (χ1v) is 10.8. The van der Waals surface area contributed by atoms with Crippen LogP contribution < -0.4 is 15.5 Å². The monoisotopic (exact) mass is 455 g/mol. The number of ether oxygens (including phenoxy) is 1. The molecule has 0 aliphatic heterocycles. The van der Waals surface area contributed by atoms with Crippen LogP contribution in [0, 0.1) is 0 Å². The Kier molecular flexibility index (Phi) is 7.36. The Morgan fingerprint density at radius 2 is 1.36 bits per heavy atom. The molecule has 0 spiro atoms. The van der Waals surface area contributed by atoms with Gasteiger partial charge in [0.2, 0.25) is 0 Å². The van der Waals surface area contributed by atoms with Gasteiger partial charge >= 0.3 is 6.03 Å². The summed E-state index contributed by atoms with van der Waals surface area (Å²) in [7, 11) is 0. The Morgan fingerprint density at radius 3 is 2.03 bits per heavy atom. The van der Waals surface area contributed by atoms with Gasteiger partial charge in [-0.2, -0.15) is 5.10 Å². The van der Waals surface area contributed by atoms with Gasteiger partial charge in [0.15, 0.2) is 0 Å². The summed E-state index contributed by atoms with van der Waals surface area (Å²) < 4.78 is 5.77. The molecule has 0 aliphatic rings. The number of rotatable bonds is 7. The van der Waals surface area contributed by atoms with E-state index < -0.39 is 6.03 Å². The summed E-state index contributed by atoms with van der Waals surface area (Å²) >= 11 is 6.02. The zero-order valence-electron chi connectivity index (χ0n) is 17.7. The minimum Gasteiger partial charge on any atom is -0.457 e. The molecule has 0 atom stereocenters. The molecule has 0 heterocycles. The topological polar surface area (TPSA) is 62.7 Å². The number of benzene rings is 4. The molecule has 0 bridgehead atoms. The minimum absolute atomic E-state index is 0.439. The van der Waals surface area contributed by atoms with Crippen LogP contribution in [0.2, 0.25) is 5.02 Å². The number of nitrogens with zero attached hydrogens (tertiary/aromatic N) is 1. The molecule has 4 rings (SSSR count). The molecule has 0 fully saturated rings. The summed E-state index contributed by atoms with van der Waals surface area (Å²) in [4.78, 5) is 12.4. The van der Waals surface area contributed by atoms with Crippen molar-refractivity contribution in [3.63, 3.8) is 0 Å². The second kappa shape index (κ2) is 11.0. The first-order chi connectivity index (χ1) is 16.2. The van der Waals surface area contributed by atoms with Gasteiger partial charge < -0.3 is 10.1 Å². The maximum Gasteiger partial charge on any atom is 0.339 e. The number of hydrazone groups is 1. The van der Waals surface area contributed by atoms with Crippen LogP contribution in [0.15, 0.2) is 114 Å². The first kappa shape index (κ1) is 22.1. The lowest BCUT2D eigenvalue weighted by Crippen LogP contribution is -2.26. The highest BCUT2D eigenvalue weighted by molar-refractivity contribution is 6.30. The SMILES string of the molecule is O=C(N/N=C(/Cc1ccccc1)c1ccc(Cl)cc1)Nc1ccc(Oc2ccccc2)cc1. The van der Waals surface area contributed by atoms with Crippen LogP contribution in [0.3, 0.4) is 0 Å². The molecule has 0 saturated heterocycles. The number of carbonyl (C=O) groups is 1. The van der Waals surface area contributed by atoms with Gasteiger partial charge in [0.1, 0.15) is 11.5 Å². The Morgan fingerprint density at radius 1 is 0.758 bits per heavy atom. The maximum absolute atomic E-state index is 12.4. The molecule has 0 unspecified atom stereocenters. The molecule has 5 nitrogen and oxygen atoms in total. The van der Waals surface area contributed by atoms with Gasteiger partial charge in [0.05, 0.1) is 5.71 Å². The van der Waals surface area contributed by atoms with Gasteiger partial charge in [-0.15, -0.1) is 0 Å². The summed E-state index contributed by atoms with van der Waals surface area (Å²) in [6.07, 6.45) is 0.564. The Hall–Kier alpha value is -4.09. The summed E-state index contributed by atoms with van der Waals surface area (Å²) in [6.45, 7) is 0.